The van der Waals surface area contributed by atoms with Crippen molar-refractivity contribution in [2.45, 2.75) is 19.8 Å². The number of nitrogens with one attached hydrogen (secondary N) is 1. The van der Waals surface area contributed by atoms with Gasteiger partial charge in [0.05, 0.1) is 59.1 Å². The molecule has 1 aromatic carbocycles. The van der Waals surface area contributed by atoms with Gasteiger partial charge in [-0.05, 0) is 24.6 Å². The molecule has 1 fully saturated rings. The number of ether oxygens (including phenoxy) is 2. The molecule has 3 rings (SSSR count). The molecule has 1 amide bonds. The Kier molecular flexibility index (Phi) is 6.68. The number of carbonyl (C=O) groups is 1. The van der Waals surface area contributed by atoms with E-state index >= 15 is 0 Å². The van der Waals surface area contributed by atoms with Gasteiger partial charge in [-0.1, -0.05) is 6.92 Å². The standard InChI is InChI=1S/C20H27N3O3S/c1-4-7-22-8-10-23(11-9-22)19(24)13-16-14-27-20(21-16)15-5-6-17(25-2)18(12-15)26-3/h5-6,12,14H,4,7-11,13H2,1-3H3/p+1. The first-order chi connectivity index (χ1) is 13.1. The average molecular weight is 391 g/mol. The second-order valence-electron chi connectivity index (χ2n) is 6.77. The van der Waals surface area contributed by atoms with Crippen LogP contribution in [0, 0.1) is 0 Å². The van der Waals surface area contributed by atoms with E-state index in [1.54, 1.807) is 30.5 Å². The Labute approximate surface area is 164 Å². The smallest absolute Gasteiger partial charge is 0.229 e. The molecule has 146 valence electrons. The third-order valence-corrected chi connectivity index (χ3v) is 5.88. The zero-order chi connectivity index (χ0) is 19.2. The molecular formula is C20H28N3O3S+. The van der Waals surface area contributed by atoms with Crippen LogP contribution in [0.5, 0.6) is 11.5 Å². The monoisotopic (exact) mass is 390 g/mol. The van der Waals surface area contributed by atoms with Gasteiger partial charge in [0.15, 0.2) is 11.5 Å². The maximum absolute atomic E-state index is 12.6. The summed E-state index contributed by atoms with van der Waals surface area (Å²) in [7, 11) is 3.24. The third kappa shape index (κ3) is 4.78. The highest BCUT2D eigenvalue weighted by Gasteiger charge is 2.23. The van der Waals surface area contributed by atoms with E-state index in [1.165, 1.54) is 13.0 Å². The molecule has 1 aromatic heterocycles. The molecule has 7 heteroatoms. The first kappa shape index (κ1) is 19.6. The lowest BCUT2D eigenvalue weighted by molar-refractivity contribution is -0.904. The van der Waals surface area contributed by atoms with Gasteiger partial charge in [-0.15, -0.1) is 11.3 Å². The van der Waals surface area contributed by atoms with Gasteiger partial charge in [0, 0.05) is 10.9 Å². The number of nitrogens with zero attached hydrogens (tertiary/aromatic N) is 2. The van der Waals surface area contributed by atoms with E-state index in [1.807, 2.05) is 28.5 Å². The summed E-state index contributed by atoms with van der Waals surface area (Å²) in [6.07, 6.45) is 1.56. The largest absolute Gasteiger partial charge is 0.493 e. The second-order valence-corrected chi connectivity index (χ2v) is 7.63. The molecule has 2 aromatic rings. The predicted molar refractivity (Wildman–Crippen MR) is 107 cm³/mol. The summed E-state index contributed by atoms with van der Waals surface area (Å²) in [5, 5.41) is 2.86. The summed E-state index contributed by atoms with van der Waals surface area (Å²) in [5.41, 5.74) is 1.80. The molecule has 1 N–H and O–H groups in total. The van der Waals surface area contributed by atoms with E-state index in [0.717, 1.165) is 42.4 Å². The first-order valence-corrected chi connectivity index (χ1v) is 10.3. The van der Waals surface area contributed by atoms with Gasteiger partial charge < -0.3 is 19.3 Å². The van der Waals surface area contributed by atoms with Crippen LogP contribution in [0.15, 0.2) is 23.6 Å². The predicted octanol–water partition coefficient (Wildman–Crippen LogP) is 1.51. The van der Waals surface area contributed by atoms with Crippen LogP contribution in [0.1, 0.15) is 19.0 Å². The molecule has 1 saturated heterocycles. The second kappa shape index (κ2) is 9.19. The van der Waals surface area contributed by atoms with Gasteiger partial charge in [-0.25, -0.2) is 4.98 Å². The van der Waals surface area contributed by atoms with Gasteiger partial charge in [0.2, 0.25) is 5.91 Å². The molecule has 0 aliphatic carbocycles. The van der Waals surface area contributed by atoms with Crippen LogP contribution in [0.2, 0.25) is 0 Å². The van der Waals surface area contributed by atoms with Crippen molar-refractivity contribution in [3.63, 3.8) is 0 Å². The summed E-state index contributed by atoms with van der Waals surface area (Å²) in [6.45, 7) is 7.20. The SMILES string of the molecule is CCC[NH+]1CCN(C(=O)Cc2csc(-c3ccc(OC)c(OC)c3)n2)CC1. The van der Waals surface area contributed by atoms with E-state index in [0.29, 0.717) is 17.9 Å². The Morgan fingerprint density at radius 3 is 2.63 bits per heavy atom. The van der Waals surface area contributed by atoms with Crippen molar-refractivity contribution in [3.05, 3.63) is 29.3 Å². The highest BCUT2D eigenvalue weighted by molar-refractivity contribution is 7.13. The van der Waals surface area contributed by atoms with Crippen LogP contribution in [0.4, 0.5) is 0 Å². The Morgan fingerprint density at radius 1 is 1.22 bits per heavy atom. The van der Waals surface area contributed by atoms with Crippen LogP contribution in [-0.4, -0.2) is 62.7 Å². The number of hydrogen-bond donors (Lipinski definition) is 1. The summed E-state index contributed by atoms with van der Waals surface area (Å²) in [6, 6.07) is 5.75. The molecule has 1 aliphatic heterocycles. The number of carbonyl (C=O) groups excluding carboxylic acids is 1. The van der Waals surface area contributed by atoms with Crippen molar-refractivity contribution in [2.75, 3.05) is 46.9 Å². The Bertz CT molecular complexity index is 770. The Morgan fingerprint density at radius 2 is 1.96 bits per heavy atom. The quantitative estimate of drug-likeness (QED) is 0.779. The molecule has 1 aliphatic rings. The van der Waals surface area contributed by atoms with E-state index in [9.17, 15) is 4.79 Å². The minimum absolute atomic E-state index is 0.176. The fourth-order valence-electron chi connectivity index (χ4n) is 3.43. The number of aromatic nitrogens is 1. The van der Waals surface area contributed by atoms with Crippen molar-refractivity contribution in [1.82, 2.24) is 9.88 Å². The van der Waals surface area contributed by atoms with Gasteiger partial charge in [-0.3, -0.25) is 4.79 Å². The lowest BCUT2D eigenvalue weighted by atomic mass is 10.2. The number of piperazine rings is 1. The molecule has 2 heterocycles. The van der Waals surface area contributed by atoms with Crippen LogP contribution < -0.4 is 14.4 Å². The lowest BCUT2D eigenvalue weighted by Crippen LogP contribution is -3.14. The Hall–Kier alpha value is -2.12. The van der Waals surface area contributed by atoms with Crippen LogP contribution in [0.3, 0.4) is 0 Å². The van der Waals surface area contributed by atoms with Crippen molar-refractivity contribution in [2.24, 2.45) is 0 Å². The highest BCUT2D eigenvalue weighted by Crippen LogP contribution is 2.33. The summed E-state index contributed by atoms with van der Waals surface area (Å²) < 4.78 is 10.6. The fourth-order valence-corrected chi connectivity index (χ4v) is 4.25. The van der Waals surface area contributed by atoms with Crippen LogP contribution >= 0.6 is 11.3 Å². The van der Waals surface area contributed by atoms with Gasteiger partial charge in [-0.2, -0.15) is 0 Å². The molecule has 0 radical (unpaired) electrons. The number of amides is 1. The molecule has 0 saturated carbocycles. The molecule has 0 unspecified atom stereocenters. The average Bonchev–Trinajstić information content (AvgIpc) is 3.16. The Balaban J connectivity index is 1.62. The van der Waals surface area contributed by atoms with Crippen LogP contribution in [0.25, 0.3) is 10.6 Å². The van der Waals surface area contributed by atoms with Gasteiger partial charge in [0.1, 0.15) is 5.01 Å². The maximum Gasteiger partial charge on any atom is 0.229 e. The number of quaternary nitrogens is 1. The topological polar surface area (TPSA) is 56.1 Å². The van der Waals surface area contributed by atoms with E-state index in [-0.39, 0.29) is 5.91 Å². The van der Waals surface area contributed by atoms with Crippen molar-refractivity contribution in [3.8, 4) is 22.1 Å². The number of methoxy groups -OCH3 is 2. The van der Waals surface area contributed by atoms with Crippen molar-refractivity contribution >= 4 is 17.2 Å². The lowest BCUT2D eigenvalue weighted by Gasteiger charge is -2.32. The molecule has 0 atom stereocenters. The molecule has 6 nitrogen and oxygen atoms in total. The van der Waals surface area contributed by atoms with E-state index < -0.39 is 0 Å². The van der Waals surface area contributed by atoms with Crippen molar-refractivity contribution < 1.29 is 19.2 Å². The number of thiazole rings is 1. The molecular weight excluding hydrogens is 362 g/mol. The minimum Gasteiger partial charge on any atom is -0.493 e. The first-order valence-electron chi connectivity index (χ1n) is 9.42. The number of benzene rings is 1. The summed E-state index contributed by atoms with van der Waals surface area (Å²) in [5.74, 6) is 1.54. The normalized spacial score (nSPS) is 15.0. The number of hydrogen-bond acceptors (Lipinski definition) is 5. The van der Waals surface area contributed by atoms with E-state index in [4.69, 9.17) is 9.47 Å². The molecule has 0 spiro atoms. The zero-order valence-corrected chi connectivity index (χ0v) is 17.1. The van der Waals surface area contributed by atoms with Crippen molar-refractivity contribution in [1.29, 1.82) is 0 Å². The highest BCUT2D eigenvalue weighted by atomic mass is 32.1. The third-order valence-electron chi connectivity index (χ3n) is 4.94. The summed E-state index contributed by atoms with van der Waals surface area (Å²) in [4.78, 5) is 20.9. The van der Waals surface area contributed by atoms with Gasteiger partial charge >= 0.3 is 0 Å². The maximum atomic E-state index is 12.6. The molecule has 0 bridgehead atoms. The summed E-state index contributed by atoms with van der Waals surface area (Å²) >= 11 is 1.55. The molecule has 27 heavy (non-hydrogen) atoms. The van der Waals surface area contributed by atoms with E-state index in [2.05, 4.69) is 11.9 Å². The zero-order valence-electron chi connectivity index (χ0n) is 16.3. The van der Waals surface area contributed by atoms with Gasteiger partial charge in [0.25, 0.3) is 0 Å². The number of rotatable bonds is 7. The minimum atomic E-state index is 0.176. The van der Waals surface area contributed by atoms with Crippen LogP contribution in [-0.2, 0) is 11.2 Å². The fraction of sp³-hybridized carbons (Fsp3) is 0.500.